The predicted molar refractivity (Wildman–Crippen MR) is 109 cm³/mol. The molecule has 1 fully saturated rings. The Bertz CT molecular complexity index is 1070. The van der Waals surface area contributed by atoms with Gasteiger partial charge in [-0.3, -0.25) is 10.2 Å². The molecule has 3 aromatic rings. The number of halogens is 3. The van der Waals surface area contributed by atoms with Gasteiger partial charge >= 0.3 is 12.2 Å². The third kappa shape index (κ3) is 4.23. The predicted octanol–water partition coefficient (Wildman–Crippen LogP) is 5.11. The lowest BCUT2D eigenvalue weighted by Gasteiger charge is -2.26. The van der Waals surface area contributed by atoms with E-state index in [0.29, 0.717) is 0 Å². The molecular formula is C23H18F3N3O2. The second kappa shape index (κ2) is 8.14. The molecule has 0 aliphatic carbocycles. The maximum Gasteiger partial charge on any atom is 0.416 e. The zero-order valence-corrected chi connectivity index (χ0v) is 16.1. The molecule has 1 aliphatic rings. The van der Waals surface area contributed by atoms with Gasteiger partial charge in [-0.1, -0.05) is 60.7 Å². The summed E-state index contributed by atoms with van der Waals surface area (Å²) in [6, 6.07) is 21.0. The van der Waals surface area contributed by atoms with Crippen molar-refractivity contribution in [1.82, 2.24) is 10.4 Å². The molecule has 4 rings (SSSR count). The number of carbonyl (C=O) groups excluding carboxylic acids is 2. The Morgan fingerprint density at radius 1 is 0.839 bits per heavy atom. The van der Waals surface area contributed by atoms with E-state index in [1.165, 1.54) is 17.1 Å². The number of hydrogen-bond acceptors (Lipinski definition) is 2. The van der Waals surface area contributed by atoms with E-state index >= 15 is 0 Å². The highest BCUT2D eigenvalue weighted by Crippen LogP contribution is 2.40. The maximum atomic E-state index is 13.0. The molecule has 5 nitrogen and oxygen atoms in total. The average Bonchev–Trinajstić information content (AvgIpc) is 3.12. The Labute approximate surface area is 176 Å². The molecule has 158 valence electrons. The molecule has 1 saturated heterocycles. The van der Waals surface area contributed by atoms with Gasteiger partial charge in [0, 0.05) is 5.69 Å². The van der Waals surface area contributed by atoms with Crippen LogP contribution in [0.15, 0.2) is 84.9 Å². The molecule has 2 N–H and O–H groups in total. The third-order valence-electron chi connectivity index (χ3n) is 5.09. The van der Waals surface area contributed by atoms with Crippen molar-refractivity contribution in [1.29, 1.82) is 0 Å². The molecule has 3 aromatic carbocycles. The third-order valence-corrected chi connectivity index (χ3v) is 5.09. The molecule has 1 aliphatic heterocycles. The van der Waals surface area contributed by atoms with Crippen LogP contribution in [0, 0.1) is 0 Å². The van der Waals surface area contributed by atoms with Gasteiger partial charge in [-0.05, 0) is 35.4 Å². The summed E-state index contributed by atoms with van der Waals surface area (Å²) in [5.41, 5.74) is 3.47. The van der Waals surface area contributed by atoms with Crippen molar-refractivity contribution in [2.24, 2.45) is 0 Å². The van der Waals surface area contributed by atoms with Gasteiger partial charge in [-0.15, -0.1) is 0 Å². The molecule has 31 heavy (non-hydrogen) atoms. The normalized spacial score (nSPS) is 18.5. The molecule has 0 aromatic heterocycles. The monoisotopic (exact) mass is 425 g/mol. The second-order valence-electron chi connectivity index (χ2n) is 7.10. The van der Waals surface area contributed by atoms with E-state index in [1.807, 2.05) is 60.7 Å². The Kier molecular flexibility index (Phi) is 5.37. The highest BCUT2D eigenvalue weighted by molar-refractivity contribution is 5.96. The van der Waals surface area contributed by atoms with E-state index in [0.717, 1.165) is 23.3 Å². The van der Waals surface area contributed by atoms with Gasteiger partial charge in [0.05, 0.1) is 17.5 Å². The fraction of sp³-hybridized carbons (Fsp3) is 0.130. The minimum atomic E-state index is -4.47. The van der Waals surface area contributed by atoms with Crippen LogP contribution in [0.1, 0.15) is 28.7 Å². The minimum Gasteiger partial charge on any atom is -0.306 e. The van der Waals surface area contributed by atoms with Gasteiger partial charge in [0.15, 0.2) is 0 Å². The van der Waals surface area contributed by atoms with Crippen LogP contribution in [-0.2, 0) is 11.0 Å². The van der Waals surface area contributed by atoms with Crippen LogP contribution in [0.5, 0.6) is 0 Å². The smallest absolute Gasteiger partial charge is 0.306 e. The van der Waals surface area contributed by atoms with Crippen LogP contribution < -0.4 is 10.7 Å². The van der Waals surface area contributed by atoms with E-state index in [1.54, 1.807) is 0 Å². The second-order valence-corrected chi connectivity index (χ2v) is 7.10. The van der Waals surface area contributed by atoms with Crippen LogP contribution in [0.4, 0.5) is 23.7 Å². The van der Waals surface area contributed by atoms with Crippen LogP contribution in [0.25, 0.3) is 0 Å². The number of hydrazine groups is 1. The van der Waals surface area contributed by atoms with Crippen molar-refractivity contribution in [2.75, 3.05) is 5.32 Å². The standard InChI is InChI=1S/C23H18F3N3O2/c24-23(25,26)17-11-13-18(14-12-17)27-22(31)29-20(16-9-5-2-6-10-16)19(21(30)28-29)15-7-3-1-4-8-15/h1-14,19-20H,(H,27,31)(H,28,30). The minimum absolute atomic E-state index is 0.183. The molecule has 8 heteroatoms. The maximum absolute atomic E-state index is 13.0. The molecule has 3 amide bonds. The molecule has 0 spiro atoms. The first kappa shape index (κ1) is 20.5. The summed E-state index contributed by atoms with van der Waals surface area (Å²) in [5.74, 6) is -0.982. The number of urea groups is 1. The largest absolute Gasteiger partial charge is 0.416 e. The number of amides is 3. The first-order valence-corrected chi connectivity index (χ1v) is 9.52. The van der Waals surface area contributed by atoms with Crippen LogP contribution >= 0.6 is 0 Å². The Morgan fingerprint density at radius 2 is 1.39 bits per heavy atom. The lowest BCUT2D eigenvalue weighted by molar-refractivity contribution is -0.137. The summed E-state index contributed by atoms with van der Waals surface area (Å²) >= 11 is 0. The number of nitrogens with one attached hydrogen (secondary N) is 2. The lowest BCUT2D eigenvalue weighted by atomic mass is 9.87. The van der Waals surface area contributed by atoms with Crippen molar-refractivity contribution in [3.63, 3.8) is 0 Å². The van der Waals surface area contributed by atoms with E-state index < -0.39 is 29.7 Å². The number of carbonyl (C=O) groups is 2. The van der Waals surface area contributed by atoms with Gasteiger partial charge in [-0.25, -0.2) is 9.80 Å². The fourth-order valence-electron chi connectivity index (χ4n) is 3.64. The first-order valence-electron chi connectivity index (χ1n) is 9.52. The topological polar surface area (TPSA) is 61.4 Å². The zero-order chi connectivity index (χ0) is 22.0. The van der Waals surface area contributed by atoms with Crippen LogP contribution in [-0.4, -0.2) is 16.9 Å². The summed E-state index contributed by atoms with van der Waals surface area (Å²) in [6.45, 7) is 0. The fourth-order valence-corrected chi connectivity index (χ4v) is 3.64. The van der Waals surface area contributed by atoms with E-state index in [-0.39, 0.29) is 11.6 Å². The summed E-state index contributed by atoms with van der Waals surface area (Å²) in [4.78, 5) is 25.8. The van der Waals surface area contributed by atoms with Gasteiger partial charge in [0.2, 0.25) is 5.91 Å². The van der Waals surface area contributed by atoms with E-state index in [2.05, 4.69) is 10.7 Å². The molecule has 1 heterocycles. The van der Waals surface area contributed by atoms with Crippen LogP contribution in [0.3, 0.4) is 0 Å². The van der Waals surface area contributed by atoms with E-state index in [4.69, 9.17) is 0 Å². The number of rotatable bonds is 3. The van der Waals surface area contributed by atoms with Crippen molar-refractivity contribution in [3.05, 3.63) is 102 Å². The Morgan fingerprint density at radius 3 is 1.94 bits per heavy atom. The van der Waals surface area contributed by atoms with E-state index in [9.17, 15) is 22.8 Å². The van der Waals surface area contributed by atoms with Gasteiger partial charge in [0.1, 0.15) is 0 Å². The molecular weight excluding hydrogens is 407 g/mol. The number of nitrogens with zero attached hydrogens (tertiary/aromatic N) is 1. The first-order chi connectivity index (χ1) is 14.8. The quantitative estimate of drug-likeness (QED) is 0.613. The average molecular weight is 425 g/mol. The molecule has 2 atom stereocenters. The van der Waals surface area contributed by atoms with Gasteiger partial charge in [0.25, 0.3) is 0 Å². The number of alkyl halides is 3. The Hall–Kier alpha value is -3.81. The van der Waals surface area contributed by atoms with Crippen molar-refractivity contribution in [3.8, 4) is 0 Å². The highest BCUT2D eigenvalue weighted by atomic mass is 19.4. The Balaban J connectivity index is 1.63. The van der Waals surface area contributed by atoms with Crippen molar-refractivity contribution >= 4 is 17.6 Å². The summed E-state index contributed by atoms with van der Waals surface area (Å²) in [7, 11) is 0. The molecule has 2 unspecified atom stereocenters. The number of benzene rings is 3. The number of hydrogen-bond donors (Lipinski definition) is 2. The SMILES string of the molecule is O=C1NN(C(=O)Nc2ccc(C(F)(F)F)cc2)C(c2ccccc2)C1c1ccccc1. The highest BCUT2D eigenvalue weighted by Gasteiger charge is 2.45. The lowest BCUT2D eigenvalue weighted by Crippen LogP contribution is -2.42. The van der Waals surface area contributed by atoms with Crippen LogP contribution in [0.2, 0.25) is 0 Å². The summed E-state index contributed by atoms with van der Waals surface area (Å²) in [6.07, 6.45) is -4.47. The van der Waals surface area contributed by atoms with Crippen molar-refractivity contribution in [2.45, 2.75) is 18.1 Å². The molecule has 0 saturated carbocycles. The summed E-state index contributed by atoms with van der Waals surface area (Å²) in [5, 5.41) is 3.75. The van der Waals surface area contributed by atoms with Gasteiger partial charge in [-0.2, -0.15) is 13.2 Å². The molecule has 0 radical (unpaired) electrons. The zero-order valence-electron chi connectivity index (χ0n) is 16.1. The number of anilines is 1. The van der Waals surface area contributed by atoms with Crippen molar-refractivity contribution < 1.29 is 22.8 Å². The summed E-state index contributed by atoms with van der Waals surface area (Å²) < 4.78 is 38.3. The van der Waals surface area contributed by atoms with Gasteiger partial charge < -0.3 is 5.32 Å². The molecule has 0 bridgehead atoms.